The first-order valence-corrected chi connectivity index (χ1v) is 5.76. The molecule has 2 rings (SSSR count). The number of amides is 1. The topological polar surface area (TPSA) is 67.2 Å². The van der Waals surface area contributed by atoms with Crippen molar-refractivity contribution >= 4 is 5.91 Å². The summed E-state index contributed by atoms with van der Waals surface area (Å²) in [5.41, 5.74) is 0.974. The lowest BCUT2D eigenvalue weighted by Crippen LogP contribution is -2.28. The molecule has 0 bridgehead atoms. The number of aromatic nitrogens is 2. The molecule has 0 aliphatic rings. The van der Waals surface area contributed by atoms with Gasteiger partial charge in [-0.15, -0.1) is 0 Å². The second-order valence-electron chi connectivity index (χ2n) is 4.18. The van der Waals surface area contributed by atoms with Gasteiger partial charge in [-0.1, -0.05) is 12.1 Å². The maximum atomic E-state index is 12.7. The van der Waals surface area contributed by atoms with E-state index in [1.165, 1.54) is 35.1 Å². The van der Waals surface area contributed by atoms with Crippen molar-refractivity contribution in [1.82, 2.24) is 15.1 Å². The number of halogens is 1. The first kappa shape index (κ1) is 13.2. The van der Waals surface area contributed by atoms with Gasteiger partial charge in [-0.05, 0) is 17.7 Å². The van der Waals surface area contributed by atoms with Crippen LogP contribution in [0.4, 0.5) is 4.39 Å². The van der Waals surface area contributed by atoms with Crippen molar-refractivity contribution in [3.8, 4) is 0 Å². The maximum absolute atomic E-state index is 12.7. The van der Waals surface area contributed by atoms with Crippen LogP contribution in [0.2, 0.25) is 0 Å². The van der Waals surface area contributed by atoms with Gasteiger partial charge in [0.15, 0.2) is 0 Å². The molecule has 1 unspecified atom stereocenters. The van der Waals surface area contributed by atoms with E-state index >= 15 is 0 Å². The third-order valence-corrected chi connectivity index (χ3v) is 2.68. The van der Waals surface area contributed by atoms with Crippen molar-refractivity contribution in [3.63, 3.8) is 0 Å². The maximum Gasteiger partial charge on any atom is 0.254 e. The number of nitrogens with zero attached hydrogens (tertiary/aromatic N) is 2. The molecule has 1 heterocycles. The van der Waals surface area contributed by atoms with Crippen LogP contribution < -0.4 is 5.32 Å². The summed E-state index contributed by atoms with van der Waals surface area (Å²) in [6, 6.07) is 5.50. The molecule has 0 aliphatic carbocycles. The number of nitrogens with one attached hydrogen (secondary N) is 1. The van der Waals surface area contributed by atoms with Gasteiger partial charge in [-0.25, -0.2) is 4.39 Å². The molecular weight excluding hydrogens is 249 g/mol. The van der Waals surface area contributed by atoms with E-state index in [9.17, 15) is 14.3 Å². The van der Waals surface area contributed by atoms with Gasteiger partial charge in [0.2, 0.25) is 0 Å². The van der Waals surface area contributed by atoms with Crippen LogP contribution in [0.15, 0.2) is 36.7 Å². The van der Waals surface area contributed by atoms with E-state index in [2.05, 4.69) is 10.4 Å². The molecule has 2 aromatic rings. The van der Waals surface area contributed by atoms with Crippen LogP contribution >= 0.6 is 0 Å². The third kappa shape index (κ3) is 3.38. The summed E-state index contributed by atoms with van der Waals surface area (Å²) in [5.74, 6) is -0.676. The first-order valence-electron chi connectivity index (χ1n) is 5.76. The molecule has 0 aliphatic heterocycles. The number of carbonyl (C=O) groups is 1. The van der Waals surface area contributed by atoms with Crippen molar-refractivity contribution in [2.24, 2.45) is 7.05 Å². The summed E-state index contributed by atoms with van der Waals surface area (Å²) in [6.45, 7) is 0.0549. The van der Waals surface area contributed by atoms with Gasteiger partial charge in [-0.3, -0.25) is 9.48 Å². The Hall–Kier alpha value is -2.21. The lowest BCUT2D eigenvalue weighted by molar-refractivity contribution is 0.0916. The van der Waals surface area contributed by atoms with Gasteiger partial charge in [0.1, 0.15) is 5.82 Å². The number of rotatable bonds is 4. The Balaban J connectivity index is 1.91. The average molecular weight is 263 g/mol. The lowest BCUT2D eigenvalue weighted by Gasteiger charge is -2.11. The van der Waals surface area contributed by atoms with Crippen LogP contribution in [-0.2, 0) is 7.05 Å². The Bertz CT molecular complexity index is 566. The minimum Gasteiger partial charge on any atom is -0.387 e. The molecule has 1 aromatic heterocycles. The molecular formula is C13H14FN3O2. The van der Waals surface area contributed by atoms with Crippen molar-refractivity contribution in [2.45, 2.75) is 6.10 Å². The Morgan fingerprint density at radius 1 is 1.47 bits per heavy atom. The lowest BCUT2D eigenvalue weighted by atomic mass is 10.1. The fourth-order valence-corrected chi connectivity index (χ4v) is 1.63. The van der Waals surface area contributed by atoms with Gasteiger partial charge < -0.3 is 10.4 Å². The zero-order chi connectivity index (χ0) is 13.8. The van der Waals surface area contributed by atoms with Crippen LogP contribution in [0.5, 0.6) is 0 Å². The van der Waals surface area contributed by atoms with Gasteiger partial charge in [0.05, 0.1) is 17.9 Å². The predicted molar refractivity (Wildman–Crippen MR) is 66.9 cm³/mol. The zero-order valence-electron chi connectivity index (χ0n) is 10.4. The summed E-state index contributed by atoms with van der Waals surface area (Å²) in [6.07, 6.45) is 2.15. The number of carbonyl (C=O) groups excluding carboxylic acids is 1. The van der Waals surface area contributed by atoms with Gasteiger partial charge in [0, 0.05) is 19.8 Å². The zero-order valence-corrected chi connectivity index (χ0v) is 10.4. The minimum atomic E-state index is -0.874. The average Bonchev–Trinajstić information content (AvgIpc) is 2.83. The Morgan fingerprint density at radius 2 is 2.16 bits per heavy atom. The Kier molecular flexibility index (Phi) is 3.91. The van der Waals surface area contributed by atoms with E-state index in [-0.39, 0.29) is 18.3 Å². The van der Waals surface area contributed by atoms with Gasteiger partial charge in [-0.2, -0.15) is 5.10 Å². The van der Waals surface area contributed by atoms with Crippen molar-refractivity contribution in [2.75, 3.05) is 6.54 Å². The highest BCUT2D eigenvalue weighted by molar-refractivity contribution is 5.93. The Morgan fingerprint density at radius 3 is 2.74 bits per heavy atom. The van der Waals surface area contributed by atoms with Crippen molar-refractivity contribution < 1.29 is 14.3 Å². The van der Waals surface area contributed by atoms with Crippen LogP contribution in [0.25, 0.3) is 0 Å². The molecule has 0 fully saturated rings. The number of hydrogen-bond donors (Lipinski definition) is 2. The van der Waals surface area contributed by atoms with E-state index in [1.54, 1.807) is 13.2 Å². The van der Waals surface area contributed by atoms with Crippen molar-refractivity contribution in [3.05, 3.63) is 53.6 Å². The highest BCUT2D eigenvalue weighted by atomic mass is 19.1. The van der Waals surface area contributed by atoms with Crippen LogP contribution in [0, 0.1) is 5.82 Å². The van der Waals surface area contributed by atoms with E-state index in [1.807, 2.05) is 0 Å². The minimum absolute atomic E-state index is 0.0549. The van der Waals surface area contributed by atoms with E-state index in [0.717, 1.165) is 0 Å². The standard InChI is InChI=1S/C13H14FN3O2/c1-17-8-10(6-16-17)13(19)15-7-12(18)9-2-4-11(14)5-3-9/h2-6,8,12,18H,7H2,1H3,(H,15,19). The summed E-state index contributed by atoms with van der Waals surface area (Å²) in [5, 5.41) is 16.3. The smallest absolute Gasteiger partial charge is 0.254 e. The second-order valence-corrected chi connectivity index (χ2v) is 4.18. The largest absolute Gasteiger partial charge is 0.387 e. The molecule has 19 heavy (non-hydrogen) atoms. The summed E-state index contributed by atoms with van der Waals surface area (Å²) in [4.78, 5) is 11.7. The molecule has 100 valence electrons. The van der Waals surface area contributed by atoms with E-state index in [0.29, 0.717) is 11.1 Å². The summed E-state index contributed by atoms with van der Waals surface area (Å²) >= 11 is 0. The molecule has 0 radical (unpaired) electrons. The first-order chi connectivity index (χ1) is 9.06. The molecule has 1 amide bonds. The fraction of sp³-hybridized carbons (Fsp3) is 0.231. The molecule has 0 saturated carbocycles. The normalized spacial score (nSPS) is 12.2. The predicted octanol–water partition coefficient (Wildman–Crippen LogP) is 1.02. The highest BCUT2D eigenvalue weighted by Crippen LogP contribution is 2.12. The molecule has 2 N–H and O–H groups in total. The van der Waals surface area contributed by atoms with Crippen LogP contribution in [-0.4, -0.2) is 27.3 Å². The Labute approximate surface area is 109 Å². The third-order valence-electron chi connectivity index (χ3n) is 2.68. The molecule has 5 nitrogen and oxygen atoms in total. The number of aliphatic hydroxyl groups is 1. The molecule has 1 atom stereocenters. The van der Waals surface area contributed by atoms with E-state index in [4.69, 9.17) is 0 Å². The molecule has 0 saturated heterocycles. The SMILES string of the molecule is Cn1cc(C(=O)NCC(O)c2ccc(F)cc2)cn1. The summed E-state index contributed by atoms with van der Waals surface area (Å²) in [7, 11) is 1.71. The molecule has 1 aromatic carbocycles. The molecule has 6 heteroatoms. The highest BCUT2D eigenvalue weighted by Gasteiger charge is 2.11. The fourth-order valence-electron chi connectivity index (χ4n) is 1.63. The number of aryl methyl sites for hydroxylation is 1. The van der Waals surface area contributed by atoms with Crippen molar-refractivity contribution in [1.29, 1.82) is 0 Å². The molecule has 0 spiro atoms. The van der Waals surface area contributed by atoms with E-state index < -0.39 is 6.10 Å². The van der Waals surface area contributed by atoms with Gasteiger partial charge in [0.25, 0.3) is 5.91 Å². The van der Waals surface area contributed by atoms with Crippen LogP contribution in [0.3, 0.4) is 0 Å². The number of benzene rings is 1. The second kappa shape index (κ2) is 5.62. The number of hydrogen-bond acceptors (Lipinski definition) is 3. The monoisotopic (exact) mass is 263 g/mol. The van der Waals surface area contributed by atoms with Crippen LogP contribution in [0.1, 0.15) is 22.0 Å². The van der Waals surface area contributed by atoms with Gasteiger partial charge >= 0.3 is 0 Å². The summed E-state index contributed by atoms with van der Waals surface area (Å²) < 4.78 is 14.2. The number of aliphatic hydroxyl groups excluding tert-OH is 1. The quantitative estimate of drug-likeness (QED) is 0.865.